The van der Waals surface area contributed by atoms with E-state index in [9.17, 15) is 9.67 Å². The predicted octanol–water partition coefficient (Wildman–Crippen LogP) is 6.43. The average Bonchev–Trinajstić information content (AvgIpc) is 2.75. The SMILES string of the molecule is Cc1cc(OCP(N)(=O)OCc2ccccc2)cc(C)c1Cc1ccc(O)c(C(C)C)c1. The molecule has 3 N–H and O–H groups in total. The van der Waals surface area contributed by atoms with Crippen LogP contribution in [0, 0.1) is 13.8 Å². The van der Waals surface area contributed by atoms with Crippen LogP contribution in [-0.2, 0) is 22.1 Å². The van der Waals surface area contributed by atoms with E-state index in [-0.39, 0.29) is 18.9 Å². The van der Waals surface area contributed by atoms with Crippen LogP contribution < -0.4 is 10.2 Å². The van der Waals surface area contributed by atoms with Crippen LogP contribution in [0.15, 0.2) is 60.7 Å². The van der Waals surface area contributed by atoms with Gasteiger partial charge in [0.15, 0.2) is 6.35 Å². The van der Waals surface area contributed by atoms with E-state index in [2.05, 4.69) is 19.9 Å². The van der Waals surface area contributed by atoms with Gasteiger partial charge in [-0.1, -0.05) is 56.3 Å². The van der Waals surface area contributed by atoms with Crippen molar-refractivity contribution < 1.29 is 18.9 Å². The van der Waals surface area contributed by atoms with Gasteiger partial charge in [0, 0.05) is 0 Å². The van der Waals surface area contributed by atoms with Crippen molar-refractivity contribution in [2.45, 2.75) is 46.6 Å². The monoisotopic (exact) mass is 453 g/mol. The van der Waals surface area contributed by atoms with Gasteiger partial charge in [0.2, 0.25) is 0 Å². The highest BCUT2D eigenvalue weighted by Crippen LogP contribution is 2.39. The third-order valence-electron chi connectivity index (χ3n) is 5.47. The zero-order valence-corrected chi connectivity index (χ0v) is 20.1. The molecule has 0 fully saturated rings. The molecule has 1 unspecified atom stereocenters. The van der Waals surface area contributed by atoms with Gasteiger partial charge in [0.05, 0.1) is 6.61 Å². The Morgan fingerprint density at radius 3 is 2.25 bits per heavy atom. The molecule has 0 aliphatic carbocycles. The number of aromatic hydroxyl groups is 1. The molecule has 0 aliphatic rings. The first-order valence-electron chi connectivity index (χ1n) is 10.8. The van der Waals surface area contributed by atoms with Gasteiger partial charge in [0.25, 0.3) is 0 Å². The molecule has 170 valence electrons. The summed E-state index contributed by atoms with van der Waals surface area (Å²) in [5.41, 5.74) is 12.2. The van der Waals surface area contributed by atoms with Gasteiger partial charge in [-0.25, -0.2) is 0 Å². The summed E-state index contributed by atoms with van der Waals surface area (Å²) >= 11 is 0. The highest BCUT2D eigenvalue weighted by Gasteiger charge is 2.19. The summed E-state index contributed by atoms with van der Waals surface area (Å²) in [5, 5.41) is 10.1. The molecule has 1 atom stereocenters. The van der Waals surface area contributed by atoms with Crippen molar-refractivity contribution in [3.8, 4) is 11.5 Å². The molecule has 3 rings (SSSR count). The molecular formula is C26H32NO4P. The van der Waals surface area contributed by atoms with E-state index in [1.54, 1.807) is 6.07 Å². The third kappa shape index (κ3) is 6.46. The normalized spacial score (nSPS) is 13.2. The van der Waals surface area contributed by atoms with Crippen LogP contribution in [0.2, 0.25) is 0 Å². The van der Waals surface area contributed by atoms with Crippen molar-refractivity contribution in [2.24, 2.45) is 5.50 Å². The van der Waals surface area contributed by atoms with Crippen LogP contribution in [0.3, 0.4) is 0 Å². The molecule has 0 spiro atoms. The van der Waals surface area contributed by atoms with Crippen LogP contribution >= 0.6 is 7.52 Å². The van der Waals surface area contributed by atoms with Crippen LogP contribution in [0.4, 0.5) is 0 Å². The molecular weight excluding hydrogens is 421 g/mol. The van der Waals surface area contributed by atoms with Crippen molar-refractivity contribution in [3.05, 3.63) is 94.0 Å². The molecule has 5 nitrogen and oxygen atoms in total. The van der Waals surface area contributed by atoms with Crippen molar-refractivity contribution in [1.29, 1.82) is 0 Å². The Labute approximate surface area is 190 Å². The molecule has 0 heterocycles. The summed E-state index contributed by atoms with van der Waals surface area (Å²) < 4.78 is 23.7. The second-order valence-corrected chi connectivity index (χ2v) is 10.5. The Balaban J connectivity index is 1.66. The fourth-order valence-electron chi connectivity index (χ4n) is 3.66. The number of hydrogen-bond acceptors (Lipinski definition) is 4. The molecule has 0 aromatic heterocycles. The summed E-state index contributed by atoms with van der Waals surface area (Å²) in [5.74, 6) is 1.21. The zero-order chi connectivity index (χ0) is 23.3. The molecule has 3 aromatic carbocycles. The van der Waals surface area contributed by atoms with E-state index < -0.39 is 7.52 Å². The molecule has 0 saturated heterocycles. The fraction of sp³-hybridized carbons (Fsp3) is 0.308. The lowest BCUT2D eigenvalue weighted by molar-refractivity contribution is 0.273. The summed E-state index contributed by atoms with van der Waals surface area (Å²) in [6, 6.07) is 19.1. The van der Waals surface area contributed by atoms with E-state index >= 15 is 0 Å². The maximum absolute atomic E-state index is 12.6. The highest BCUT2D eigenvalue weighted by molar-refractivity contribution is 7.56. The molecule has 3 aromatic rings. The molecule has 6 heteroatoms. The molecule has 0 saturated carbocycles. The van der Waals surface area contributed by atoms with Gasteiger partial charge < -0.3 is 14.4 Å². The number of ether oxygens (including phenoxy) is 1. The molecule has 0 radical (unpaired) electrons. The first kappa shape index (κ1) is 24.1. The van der Waals surface area contributed by atoms with Gasteiger partial charge in [-0.3, -0.25) is 10.1 Å². The highest BCUT2D eigenvalue weighted by atomic mass is 31.2. The Hall–Kier alpha value is -2.59. The minimum Gasteiger partial charge on any atom is -0.508 e. The number of aryl methyl sites for hydroxylation is 2. The van der Waals surface area contributed by atoms with Gasteiger partial charge in [-0.2, -0.15) is 0 Å². The first-order chi connectivity index (χ1) is 15.1. The summed E-state index contributed by atoms with van der Waals surface area (Å²) in [6.07, 6.45) is 0.571. The van der Waals surface area contributed by atoms with E-state index in [1.165, 1.54) is 5.56 Å². The van der Waals surface area contributed by atoms with Crippen LogP contribution in [-0.4, -0.2) is 11.5 Å². The molecule has 0 bridgehead atoms. The lowest BCUT2D eigenvalue weighted by Gasteiger charge is -2.17. The Morgan fingerprint density at radius 2 is 1.62 bits per heavy atom. The van der Waals surface area contributed by atoms with Crippen molar-refractivity contribution in [3.63, 3.8) is 0 Å². The van der Waals surface area contributed by atoms with E-state index in [4.69, 9.17) is 14.8 Å². The first-order valence-corrected chi connectivity index (χ1v) is 12.6. The van der Waals surface area contributed by atoms with Crippen molar-refractivity contribution in [1.82, 2.24) is 0 Å². The largest absolute Gasteiger partial charge is 0.508 e. The standard InChI is InChI=1S/C26H32NO4P/c1-18(2)24-14-22(10-11-26(24)28)15-25-19(3)12-23(13-20(25)4)30-17-32(27,29)31-16-21-8-6-5-7-9-21/h5-14,18,28H,15-17H2,1-4H3,(H2,27,29). The van der Waals surface area contributed by atoms with E-state index in [0.717, 1.165) is 34.2 Å². The van der Waals surface area contributed by atoms with Gasteiger partial charge in [0.1, 0.15) is 11.5 Å². The van der Waals surface area contributed by atoms with E-state index in [1.807, 2.05) is 62.4 Å². The summed E-state index contributed by atoms with van der Waals surface area (Å²) in [4.78, 5) is 0. The minimum absolute atomic E-state index is 0.181. The second-order valence-electron chi connectivity index (χ2n) is 8.52. The van der Waals surface area contributed by atoms with Gasteiger partial charge in [-0.05, 0) is 77.8 Å². The number of phenols is 1. The maximum Gasteiger partial charge on any atom is 0.304 e. The van der Waals surface area contributed by atoms with E-state index in [0.29, 0.717) is 11.5 Å². The smallest absolute Gasteiger partial charge is 0.304 e. The minimum atomic E-state index is -3.39. The maximum atomic E-state index is 12.6. The Kier molecular flexibility index (Phi) is 7.78. The summed E-state index contributed by atoms with van der Waals surface area (Å²) in [7, 11) is -3.39. The van der Waals surface area contributed by atoms with Gasteiger partial charge in [-0.15, -0.1) is 0 Å². The molecule has 0 amide bonds. The van der Waals surface area contributed by atoms with Gasteiger partial charge >= 0.3 is 7.52 Å². The number of nitrogens with two attached hydrogens (primary N) is 1. The number of phenolic OH excluding ortho intramolecular Hbond substituents is 1. The zero-order valence-electron chi connectivity index (χ0n) is 19.2. The number of hydrogen-bond donors (Lipinski definition) is 2. The Morgan fingerprint density at radius 1 is 0.969 bits per heavy atom. The van der Waals surface area contributed by atoms with Crippen LogP contribution in [0.5, 0.6) is 11.5 Å². The fourth-order valence-corrected chi connectivity index (χ4v) is 4.43. The predicted molar refractivity (Wildman–Crippen MR) is 129 cm³/mol. The molecule has 0 aliphatic heterocycles. The topological polar surface area (TPSA) is 81.8 Å². The van der Waals surface area contributed by atoms with Crippen molar-refractivity contribution in [2.75, 3.05) is 6.35 Å². The quantitative estimate of drug-likeness (QED) is 0.365. The lowest BCUT2D eigenvalue weighted by Crippen LogP contribution is -2.10. The molecule has 32 heavy (non-hydrogen) atoms. The van der Waals surface area contributed by atoms with Crippen molar-refractivity contribution >= 4 is 7.52 Å². The number of rotatable bonds is 9. The van der Waals surface area contributed by atoms with Crippen LogP contribution in [0.25, 0.3) is 0 Å². The average molecular weight is 454 g/mol. The summed E-state index contributed by atoms with van der Waals surface area (Å²) in [6.45, 7) is 8.39. The Bertz CT molecular complexity index is 1090. The lowest BCUT2D eigenvalue weighted by atomic mass is 9.93. The third-order valence-corrected chi connectivity index (χ3v) is 6.52. The second kappa shape index (κ2) is 10.4. The van der Waals surface area contributed by atoms with Crippen LogP contribution in [0.1, 0.15) is 53.1 Å². The number of benzene rings is 3.